The number of H-pyrrole nitrogens is 1. The molecule has 0 radical (unpaired) electrons. The fourth-order valence-electron chi connectivity index (χ4n) is 5.32. The third kappa shape index (κ3) is 8.93. The third-order valence-corrected chi connectivity index (χ3v) is 7.24. The molecule has 1 aliphatic rings. The summed E-state index contributed by atoms with van der Waals surface area (Å²) >= 11 is 0. The van der Waals surface area contributed by atoms with Crippen molar-refractivity contribution in [3.8, 4) is 0 Å². The van der Waals surface area contributed by atoms with Gasteiger partial charge < -0.3 is 30.0 Å². The number of likely N-dealkylation sites (tertiary alicyclic amines) is 1. The average molecular weight is 594 g/mol. The highest BCUT2D eigenvalue weighted by atomic mass is 16.6. The number of nitrogens with one attached hydrogen (secondary N) is 3. The molecule has 0 saturated carbocycles. The first-order valence-electron chi connectivity index (χ1n) is 14.7. The lowest BCUT2D eigenvalue weighted by Crippen LogP contribution is -2.55. The van der Waals surface area contributed by atoms with E-state index in [1.807, 2.05) is 54.6 Å². The molecule has 1 fully saturated rings. The molecular formula is C32H43N5O6. The smallest absolute Gasteiger partial charge is 0.408 e. The average Bonchev–Trinajstić information content (AvgIpc) is 3.26. The van der Waals surface area contributed by atoms with E-state index in [9.17, 15) is 19.2 Å². The molecule has 0 aliphatic carbocycles. The van der Waals surface area contributed by atoms with Crippen molar-refractivity contribution < 1.29 is 23.9 Å². The van der Waals surface area contributed by atoms with Gasteiger partial charge in [-0.1, -0.05) is 42.5 Å². The predicted octanol–water partition coefficient (Wildman–Crippen LogP) is 3.89. The van der Waals surface area contributed by atoms with E-state index in [0.29, 0.717) is 25.9 Å². The zero-order chi connectivity index (χ0) is 31.2. The van der Waals surface area contributed by atoms with E-state index in [1.54, 1.807) is 44.1 Å². The van der Waals surface area contributed by atoms with Crippen LogP contribution in [0.3, 0.4) is 0 Å². The van der Waals surface area contributed by atoms with Crippen LogP contribution in [0.2, 0.25) is 0 Å². The number of aromatic nitrogens is 2. The monoisotopic (exact) mass is 593 g/mol. The minimum atomic E-state index is -0.921. The number of hydrogen-bond acceptors (Lipinski definition) is 6. The molecule has 1 saturated heterocycles. The van der Waals surface area contributed by atoms with Crippen LogP contribution in [0.15, 0.2) is 59.4 Å². The quantitative estimate of drug-likeness (QED) is 0.327. The lowest BCUT2D eigenvalue weighted by molar-refractivity contribution is -0.139. The highest BCUT2D eigenvalue weighted by Crippen LogP contribution is 2.25. The molecule has 232 valence electrons. The Morgan fingerprint density at radius 3 is 2.30 bits per heavy atom. The second-order valence-corrected chi connectivity index (χ2v) is 12.7. The Morgan fingerprint density at radius 1 is 0.977 bits per heavy atom. The molecule has 11 nitrogen and oxygen atoms in total. The van der Waals surface area contributed by atoms with Crippen LogP contribution < -0.4 is 16.3 Å². The van der Waals surface area contributed by atoms with Gasteiger partial charge >= 0.3 is 11.8 Å². The predicted molar refractivity (Wildman–Crippen MR) is 164 cm³/mol. The lowest BCUT2D eigenvalue weighted by atomic mass is 10.00. The Bertz CT molecular complexity index is 1460. The second-order valence-electron chi connectivity index (χ2n) is 12.7. The van der Waals surface area contributed by atoms with Crippen LogP contribution in [-0.4, -0.2) is 69.2 Å². The van der Waals surface area contributed by atoms with E-state index in [1.165, 1.54) is 0 Å². The maximum atomic E-state index is 13.7. The lowest BCUT2D eigenvalue weighted by Gasteiger charge is -2.35. The third-order valence-electron chi connectivity index (χ3n) is 7.24. The summed E-state index contributed by atoms with van der Waals surface area (Å²) < 4.78 is 13.0. The molecule has 0 bridgehead atoms. The van der Waals surface area contributed by atoms with Gasteiger partial charge in [-0.05, 0) is 65.2 Å². The number of benzene rings is 2. The van der Waals surface area contributed by atoms with Gasteiger partial charge in [-0.2, -0.15) is 0 Å². The van der Waals surface area contributed by atoms with Crippen LogP contribution in [0.5, 0.6) is 0 Å². The fraction of sp³-hybridized carbons (Fsp3) is 0.500. The number of alkyl carbamates (subject to hydrolysis) is 1. The van der Waals surface area contributed by atoms with Crippen molar-refractivity contribution in [3.63, 3.8) is 0 Å². The van der Waals surface area contributed by atoms with Gasteiger partial charge in [-0.3, -0.25) is 14.2 Å². The molecule has 4 rings (SSSR count). The van der Waals surface area contributed by atoms with E-state index in [2.05, 4.69) is 15.6 Å². The van der Waals surface area contributed by atoms with Crippen LogP contribution in [-0.2, 0) is 25.7 Å². The number of fused-ring (bicyclic) bond motifs is 1. The van der Waals surface area contributed by atoms with Crippen LogP contribution in [0, 0.1) is 0 Å². The summed E-state index contributed by atoms with van der Waals surface area (Å²) in [5.74, 6) is -0.646. The maximum Gasteiger partial charge on any atom is 0.408 e. The molecule has 43 heavy (non-hydrogen) atoms. The number of nitrogens with zero attached hydrogens (tertiary/aromatic N) is 2. The number of carbonyl (C=O) groups is 3. The Balaban J connectivity index is 1.40. The Labute approximate surface area is 251 Å². The van der Waals surface area contributed by atoms with Crippen molar-refractivity contribution in [2.45, 2.75) is 83.7 Å². The molecule has 11 heteroatoms. The van der Waals surface area contributed by atoms with Gasteiger partial charge in [-0.25, -0.2) is 9.59 Å². The summed E-state index contributed by atoms with van der Waals surface area (Å²) in [4.78, 5) is 56.5. The molecule has 3 N–H and O–H groups in total. The summed E-state index contributed by atoms with van der Waals surface area (Å²) in [6, 6.07) is 16.2. The molecule has 1 aromatic heterocycles. The summed E-state index contributed by atoms with van der Waals surface area (Å²) in [7, 11) is 0. The van der Waals surface area contributed by atoms with Crippen molar-refractivity contribution in [1.29, 1.82) is 0 Å². The van der Waals surface area contributed by atoms with E-state index in [4.69, 9.17) is 9.47 Å². The van der Waals surface area contributed by atoms with E-state index >= 15 is 0 Å². The van der Waals surface area contributed by atoms with Gasteiger partial charge in [0.1, 0.15) is 11.6 Å². The summed E-state index contributed by atoms with van der Waals surface area (Å²) in [5.41, 5.74) is 0.829. The zero-order valence-corrected chi connectivity index (χ0v) is 25.6. The first-order valence-corrected chi connectivity index (χ1v) is 14.7. The molecule has 3 amide bonds. The van der Waals surface area contributed by atoms with Gasteiger partial charge in [0.25, 0.3) is 0 Å². The van der Waals surface area contributed by atoms with E-state index in [0.717, 1.165) is 16.6 Å². The van der Waals surface area contributed by atoms with Gasteiger partial charge in [0.2, 0.25) is 11.8 Å². The van der Waals surface area contributed by atoms with Gasteiger partial charge in [0.05, 0.1) is 24.2 Å². The number of imidazole rings is 1. The molecule has 1 atom stereocenters. The molecule has 0 spiro atoms. The summed E-state index contributed by atoms with van der Waals surface area (Å²) in [6.45, 7) is 9.88. The number of hydrogen-bond donors (Lipinski definition) is 3. The van der Waals surface area contributed by atoms with Crippen molar-refractivity contribution in [2.75, 3.05) is 19.7 Å². The van der Waals surface area contributed by atoms with E-state index in [-0.39, 0.29) is 37.3 Å². The first kappa shape index (κ1) is 31.8. The SMILES string of the molecule is CC(C)(CC(=O)NC(COCc1ccccc1)C(=O)N1CCC(n2c(=O)[nH]c3ccccc32)CC1)NC(=O)OC(C)(C)C. The van der Waals surface area contributed by atoms with E-state index < -0.39 is 29.2 Å². The maximum absolute atomic E-state index is 13.7. The van der Waals surface area contributed by atoms with Gasteiger partial charge in [0.15, 0.2) is 0 Å². The number of rotatable bonds is 10. The number of amides is 3. The normalized spacial score (nSPS) is 15.2. The minimum Gasteiger partial charge on any atom is -0.444 e. The highest BCUT2D eigenvalue weighted by molar-refractivity contribution is 5.88. The van der Waals surface area contributed by atoms with Crippen molar-refractivity contribution in [1.82, 2.24) is 25.1 Å². The number of ether oxygens (including phenoxy) is 2. The largest absolute Gasteiger partial charge is 0.444 e. The van der Waals surface area contributed by atoms with Crippen LogP contribution in [0.25, 0.3) is 11.0 Å². The molecule has 1 aliphatic heterocycles. The van der Waals surface area contributed by atoms with Crippen molar-refractivity contribution >= 4 is 28.9 Å². The molecule has 3 aromatic rings. The van der Waals surface area contributed by atoms with Crippen molar-refractivity contribution in [3.05, 3.63) is 70.6 Å². The number of piperidine rings is 1. The second kappa shape index (κ2) is 13.5. The number of aromatic amines is 1. The standard InChI is InChI=1S/C32H43N5O6/c1-31(2,3)43-30(41)35-32(4,5)19-27(38)33-25(21-42-20-22-11-7-6-8-12-22)28(39)36-17-15-23(16-18-36)37-26-14-10-9-13-24(26)34-29(37)40/h6-14,23,25H,15-21H2,1-5H3,(H,33,38)(H,34,40)(H,35,41). The Kier molecular flexibility index (Phi) is 9.95. The molecule has 2 aromatic carbocycles. The summed E-state index contributed by atoms with van der Waals surface area (Å²) in [5, 5.41) is 5.57. The summed E-state index contributed by atoms with van der Waals surface area (Å²) in [6.07, 6.45) is 0.513. The minimum absolute atomic E-state index is 0.0127. The Morgan fingerprint density at radius 2 is 1.63 bits per heavy atom. The number of para-hydroxylation sites is 2. The van der Waals surface area contributed by atoms with Crippen molar-refractivity contribution in [2.24, 2.45) is 0 Å². The van der Waals surface area contributed by atoms with Gasteiger partial charge in [-0.15, -0.1) is 0 Å². The zero-order valence-electron chi connectivity index (χ0n) is 25.6. The molecule has 1 unspecified atom stereocenters. The highest BCUT2D eigenvalue weighted by Gasteiger charge is 2.33. The first-order chi connectivity index (χ1) is 20.3. The fourth-order valence-corrected chi connectivity index (χ4v) is 5.32. The Hall–Kier alpha value is -4.12. The van der Waals surface area contributed by atoms with Crippen LogP contribution in [0.1, 0.15) is 65.5 Å². The van der Waals surface area contributed by atoms with Gasteiger partial charge in [0, 0.05) is 31.1 Å². The van der Waals surface area contributed by atoms with Crippen LogP contribution in [0.4, 0.5) is 4.79 Å². The number of carbonyl (C=O) groups excluding carboxylic acids is 3. The van der Waals surface area contributed by atoms with Crippen LogP contribution >= 0.6 is 0 Å². The molecular weight excluding hydrogens is 550 g/mol. The topological polar surface area (TPSA) is 135 Å². The molecule has 2 heterocycles.